The third-order valence-corrected chi connectivity index (χ3v) is 8.84. The topological polar surface area (TPSA) is 62.6 Å². The van der Waals surface area contributed by atoms with Gasteiger partial charge in [-0.3, -0.25) is 4.98 Å². The molecule has 5 rings (SSSR count). The van der Waals surface area contributed by atoms with E-state index in [1.54, 1.807) is 0 Å². The minimum Gasteiger partial charge on any atom is -0.388 e. The standard InChI is InChI=1S/C30H41NO3/c1-17(2)19-12-13-30(14-19)24-21(16-31-25-23(24)22(32)15-29(6,7)27(25)33)26(34-30)18-8-10-20(11-9-18)28(3,4)5/h8-11,16-17,19,22,26-27,32-33H,12-15H2,1-7H3/t19?,22-,26+,27+,30?/m0/s1. The van der Waals surface area contributed by atoms with Gasteiger partial charge < -0.3 is 14.9 Å². The maximum atomic E-state index is 11.4. The molecular weight excluding hydrogens is 422 g/mol. The highest BCUT2D eigenvalue weighted by atomic mass is 16.5. The molecule has 5 atom stereocenters. The Morgan fingerprint density at radius 1 is 1.06 bits per heavy atom. The fourth-order valence-corrected chi connectivity index (χ4v) is 6.60. The van der Waals surface area contributed by atoms with Gasteiger partial charge in [-0.2, -0.15) is 0 Å². The summed E-state index contributed by atoms with van der Waals surface area (Å²) in [5.41, 5.74) is 5.35. The molecule has 2 unspecified atom stereocenters. The summed E-state index contributed by atoms with van der Waals surface area (Å²) in [5, 5.41) is 22.6. The average Bonchev–Trinajstić information content (AvgIpc) is 3.33. The van der Waals surface area contributed by atoms with Crippen LogP contribution >= 0.6 is 0 Å². The number of fused-ring (bicyclic) bond motifs is 4. The van der Waals surface area contributed by atoms with Crippen LogP contribution in [0.1, 0.15) is 126 Å². The predicted molar refractivity (Wildman–Crippen MR) is 134 cm³/mol. The molecule has 0 amide bonds. The molecule has 2 N–H and O–H groups in total. The average molecular weight is 464 g/mol. The minimum absolute atomic E-state index is 0.0951. The lowest BCUT2D eigenvalue weighted by atomic mass is 9.69. The molecule has 1 aromatic carbocycles. The van der Waals surface area contributed by atoms with E-state index in [0.29, 0.717) is 24.0 Å². The zero-order chi connectivity index (χ0) is 24.6. The van der Waals surface area contributed by atoms with Crippen molar-refractivity contribution in [2.45, 2.75) is 103 Å². The molecule has 1 aromatic heterocycles. The van der Waals surface area contributed by atoms with Crippen LogP contribution in [0, 0.1) is 17.3 Å². The van der Waals surface area contributed by atoms with E-state index < -0.39 is 23.2 Å². The molecule has 0 saturated heterocycles. The number of hydrogen-bond donors (Lipinski definition) is 2. The Balaban J connectivity index is 1.66. The van der Waals surface area contributed by atoms with E-state index in [4.69, 9.17) is 9.72 Å². The van der Waals surface area contributed by atoms with E-state index in [0.717, 1.165) is 41.5 Å². The van der Waals surface area contributed by atoms with Gasteiger partial charge >= 0.3 is 0 Å². The maximum Gasteiger partial charge on any atom is 0.111 e. The monoisotopic (exact) mass is 463 g/mol. The summed E-state index contributed by atoms with van der Waals surface area (Å²) in [7, 11) is 0. The smallest absolute Gasteiger partial charge is 0.111 e. The second-order valence-corrected chi connectivity index (χ2v) is 13.1. The van der Waals surface area contributed by atoms with Gasteiger partial charge in [0.1, 0.15) is 12.2 Å². The lowest BCUT2D eigenvalue weighted by Crippen LogP contribution is -2.34. The van der Waals surface area contributed by atoms with Crippen LogP contribution in [-0.4, -0.2) is 15.2 Å². The molecular formula is C30H41NO3. The number of benzene rings is 1. The third-order valence-electron chi connectivity index (χ3n) is 8.84. The molecule has 0 radical (unpaired) electrons. The molecule has 1 fully saturated rings. The van der Waals surface area contributed by atoms with Crippen LogP contribution in [0.5, 0.6) is 0 Å². The van der Waals surface area contributed by atoms with E-state index in [-0.39, 0.29) is 11.5 Å². The van der Waals surface area contributed by atoms with Crippen molar-refractivity contribution < 1.29 is 14.9 Å². The summed E-state index contributed by atoms with van der Waals surface area (Å²) >= 11 is 0. The molecule has 0 bridgehead atoms. The van der Waals surface area contributed by atoms with Gasteiger partial charge in [0.15, 0.2) is 0 Å². The quantitative estimate of drug-likeness (QED) is 0.524. The minimum atomic E-state index is -0.694. The molecule has 1 aliphatic heterocycles. The number of aliphatic hydroxyl groups excluding tert-OH is 2. The molecule has 3 aliphatic rings. The van der Waals surface area contributed by atoms with Gasteiger partial charge in [0.2, 0.25) is 0 Å². The lowest BCUT2D eigenvalue weighted by molar-refractivity contribution is -0.0632. The maximum absolute atomic E-state index is 11.4. The number of aliphatic hydroxyl groups is 2. The molecule has 2 heterocycles. The van der Waals surface area contributed by atoms with Gasteiger partial charge in [0.25, 0.3) is 0 Å². The SMILES string of the molecule is CC(C)C1CCC2(C1)O[C@H](c1ccc(C(C)(C)C)cc1)c1cnc3c(c12)[C@@H](O)CC(C)(C)[C@@H]3O. The van der Waals surface area contributed by atoms with Gasteiger partial charge in [-0.15, -0.1) is 0 Å². The van der Waals surface area contributed by atoms with E-state index in [1.165, 1.54) is 5.56 Å². The van der Waals surface area contributed by atoms with Gasteiger partial charge in [-0.25, -0.2) is 0 Å². The number of aromatic nitrogens is 1. The second kappa shape index (κ2) is 7.88. The Morgan fingerprint density at radius 3 is 2.32 bits per heavy atom. The summed E-state index contributed by atoms with van der Waals surface area (Å²) in [6.07, 6.45) is 3.93. The molecule has 4 heteroatoms. The van der Waals surface area contributed by atoms with Crippen molar-refractivity contribution in [1.29, 1.82) is 0 Å². The van der Waals surface area contributed by atoms with Crippen LogP contribution in [0.25, 0.3) is 0 Å². The van der Waals surface area contributed by atoms with Crippen LogP contribution < -0.4 is 0 Å². The Labute approximate surface area is 204 Å². The Hall–Kier alpha value is -1.75. The van der Waals surface area contributed by atoms with Gasteiger partial charge in [-0.05, 0) is 65.0 Å². The molecule has 34 heavy (non-hydrogen) atoms. The fourth-order valence-electron chi connectivity index (χ4n) is 6.60. The summed E-state index contributed by atoms with van der Waals surface area (Å²) in [6, 6.07) is 8.80. The van der Waals surface area contributed by atoms with Gasteiger partial charge in [0.05, 0.1) is 17.4 Å². The number of hydrogen-bond acceptors (Lipinski definition) is 4. The summed E-state index contributed by atoms with van der Waals surface area (Å²) < 4.78 is 7.04. The van der Waals surface area contributed by atoms with Crippen molar-refractivity contribution in [1.82, 2.24) is 4.98 Å². The van der Waals surface area contributed by atoms with E-state index in [9.17, 15) is 10.2 Å². The highest BCUT2D eigenvalue weighted by molar-refractivity contribution is 5.52. The Bertz CT molecular complexity index is 1080. The van der Waals surface area contributed by atoms with E-state index >= 15 is 0 Å². The van der Waals surface area contributed by atoms with E-state index in [2.05, 4.69) is 58.9 Å². The van der Waals surface area contributed by atoms with E-state index in [1.807, 2.05) is 20.0 Å². The van der Waals surface area contributed by atoms with Crippen molar-refractivity contribution in [3.63, 3.8) is 0 Å². The summed E-state index contributed by atoms with van der Waals surface area (Å²) in [4.78, 5) is 4.77. The zero-order valence-corrected chi connectivity index (χ0v) is 21.9. The highest BCUT2D eigenvalue weighted by Crippen LogP contribution is 2.61. The first-order valence-electron chi connectivity index (χ1n) is 13.0. The highest BCUT2D eigenvalue weighted by Gasteiger charge is 2.54. The first kappa shape index (κ1) is 24.0. The second-order valence-electron chi connectivity index (χ2n) is 13.1. The van der Waals surface area contributed by atoms with Crippen LogP contribution in [-0.2, 0) is 15.8 Å². The first-order valence-corrected chi connectivity index (χ1v) is 13.0. The van der Waals surface area contributed by atoms with Gasteiger partial charge in [-0.1, -0.05) is 72.7 Å². The normalized spacial score (nSPS) is 32.3. The summed E-state index contributed by atoms with van der Waals surface area (Å²) in [5.74, 6) is 1.17. The molecule has 1 spiro atoms. The first-order chi connectivity index (χ1) is 15.8. The van der Waals surface area contributed by atoms with Crippen LogP contribution in [0.3, 0.4) is 0 Å². The lowest BCUT2D eigenvalue weighted by Gasteiger charge is -2.40. The molecule has 2 aromatic rings. The number of pyridine rings is 1. The largest absolute Gasteiger partial charge is 0.388 e. The number of rotatable bonds is 2. The van der Waals surface area contributed by atoms with Gasteiger partial charge in [0, 0.05) is 17.3 Å². The molecule has 4 nitrogen and oxygen atoms in total. The Kier molecular flexibility index (Phi) is 5.55. The number of nitrogens with zero attached hydrogens (tertiary/aromatic N) is 1. The van der Waals surface area contributed by atoms with Crippen molar-refractivity contribution in [2.75, 3.05) is 0 Å². The summed E-state index contributed by atoms with van der Waals surface area (Å²) in [6.45, 7) is 15.3. The van der Waals surface area contributed by atoms with Crippen LogP contribution in [0.2, 0.25) is 0 Å². The van der Waals surface area contributed by atoms with Crippen molar-refractivity contribution >= 4 is 0 Å². The predicted octanol–water partition coefficient (Wildman–Crippen LogP) is 6.65. The zero-order valence-electron chi connectivity index (χ0n) is 21.9. The molecule has 1 saturated carbocycles. The van der Waals surface area contributed by atoms with Crippen LogP contribution in [0.4, 0.5) is 0 Å². The Morgan fingerprint density at radius 2 is 1.74 bits per heavy atom. The van der Waals surface area contributed by atoms with Crippen molar-refractivity contribution in [2.24, 2.45) is 17.3 Å². The molecule has 184 valence electrons. The number of ether oxygens (including phenoxy) is 1. The fraction of sp³-hybridized carbons (Fsp3) is 0.633. The third kappa shape index (κ3) is 3.65. The van der Waals surface area contributed by atoms with Crippen LogP contribution in [0.15, 0.2) is 30.5 Å². The molecule has 2 aliphatic carbocycles. The van der Waals surface area contributed by atoms with Crippen molar-refractivity contribution in [3.05, 3.63) is 64.0 Å². The van der Waals surface area contributed by atoms with Crippen molar-refractivity contribution in [3.8, 4) is 0 Å².